The van der Waals surface area contributed by atoms with E-state index in [1.165, 1.54) is 7.05 Å². The number of nitrogens with two attached hydrogens (primary N) is 1. The van der Waals surface area contributed by atoms with Crippen LogP contribution in [0.4, 0.5) is 0 Å². The van der Waals surface area contributed by atoms with Crippen LogP contribution in [0.1, 0.15) is 29.7 Å². The lowest BCUT2D eigenvalue weighted by Gasteiger charge is -2.35. The van der Waals surface area contributed by atoms with E-state index in [9.17, 15) is 8.42 Å². The molecule has 1 aromatic heterocycles. The summed E-state index contributed by atoms with van der Waals surface area (Å²) in [6.07, 6.45) is 6.61. The van der Waals surface area contributed by atoms with E-state index in [-0.39, 0.29) is 17.0 Å². The molecule has 0 amide bonds. The number of rotatable bonds is 2. The largest absolute Gasteiger partial charge is 0.369 e. The summed E-state index contributed by atoms with van der Waals surface area (Å²) in [6, 6.07) is 2.12. The SMILES string of the molecule is Cc1cncc(C2CC=C([C@]3(C)CS(=O)(=O)N(C)C(N)=N3)S2)c1. The van der Waals surface area contributed by atoms with Crippen molar-refractivity contribution in [3.8, 4) is 0 Å². The Kier molecular flexibility index (Phi) is 3.92. The van der Waals surface area contributed by atoms with E-state index in [0.29, 0.717) is 0 Å². The molecule has 1 unspecified atom stereocenters. The first-order valence-electron chi connectivity index (χ1n) is 7.32. The second-order valence-corrected chi connectivity index (χ2v) is 9.42. The van der Waals surface area contributed by atoms with Crippen molar-refractivity contribution in [3.63, 3.8) is 0 Å². The molecule has 8 heteroatoms. The smallest absolute Gasteiger partial charge is 0.239 e. The van der Waals surface area contributed by atoms with Crippen LogP contribution in [0.3, 0.4) is 0 Å². The molecule has 6 nitrogen and oxygen atoms in total. The Morgan fingerprint density at radius 1 is 1.43 bits per heavy atom. The minimum atomic E-state index is -3.43. The second kappa shape index (κ2) is 5.52. The van der Waals surface area contributed by atoms with Gasteiger partial charge in [0, 0.05) is 29.6 Å². The molecule has 0 saturated carbocycles. The standard InChI is InChI=1S/C15H20N4O2S2/c1-10-6-11(8-17-7-10)12-4-5-13(22-12)15(2)9-23(20,21)19(3)14(16)18-15/h5-8,12H,4,9H2,1-3H3,(H2,16,18)/t12?,15-/m0/s1. The van der Waals surface area contributed by atoms with Gasteiger partial charge in [-0.1, -0.05) is 12.1 Å². The Morgan fingerprint density at radius 2 is 2.17 bits per heavy atom. The van der Waals surface area contributed by atoms with Crippen LogP contribution in [0.5, 0.6) is 0 Å². The van der Waals surface area contributed by atoms with Gasteiger partial charge in [0.15, 0.2) is 0 Å². The molecule has 0 spiro atoms. The maximum atomic E-state index is 12.3. The average Bonchev–Trinajstić information content (AvgIpc) is 2.95. The first kappa shape index (κ1) is 16.3. The van der Waals surface area contributed by atoms with E-state index >= 15 is 0 Å². The third-order valence-corrected chi connectivity index (χ3v) is 7.71. The molecule has 0 bridgehead atoms. The fourth-order valence-electron chi connectivity index (χ4n) is 2.85. The minimum Gasteiger partial charge on any atom is -0.369 e. The number of guanidine groups is 1. The molecule has 3 rings (SSSR count). The van der Waals surface area contributed by atoms with Gasteiger partial charge in [-0.15, -0.1) is 11.8 Å². The molecule has 0 saturated heterocycles. The summed E-state index contributed by atoms with van der Waals surface area (Å²) in [4.78, 5) is 9.66. The molecule has 2 aliphatic rings. The van der Waals surface area contributed by atoms with Crippen molar-refractivity contribution in [1.29, 1.82) is 0 Å². The van der Waals surface area contributed by atoms with Crippen molar-refractivity contribution in [1.82, 2.24) is 9.29 Å². The number of pyridine rings is 1. The molecule has 0 radical (unpaired) electrons. The first-order chi connectivity index (χ1) is 10.7. The Hall–Kier alpha value is -1.54. The third kappa shape index (κ3) is 2.97. The van der Waals surface area contributed by atoms with Crippen LogP contribution in [0.15, 0.2) is 34.4 Å². The number of thioether (sulfide) groups is 1. The Labute approximate surface area is 140 Å². The quantitative estimate of drug-likeness (QED) is 0.877. The van der Waals surface area contributed by atoms with Gasteiger partial charge in [-0.2, -0.15) is 0 Å². The Bertz CT molecular complexity index is 803. The summed E-state index contributed by atoms with van der Waals surface area (Å²) < 4.78 is 25.6. The number of sulfonamides is 1. The van der Waals surface area contributed by atoms with E-state index in [2.05, 4.69) is 22.1 Å². The number of hydrogen-bond acceptors (Lipinski definition) is 6. The zero-order valence-corrected chi connectivity index (χ0v) is 15.0. The number of allylic oxidation sites excluding steroid dienone is 1. The molecule has 2 atom stereocenters. The summed E-state index contributed by atoms with van der Waals surface area (Å²) in [5.41, 5.74) is 7.27. The van der Waals surface area contributed by atoms with Crippen molar-refractivity contribution >= 4 is 27.7 Å². The topological polar surface area (TPSA) is 88.7 Å². The van der Waals surface area contributed by atoms with Crippen molar-refractivity contribution in [2.75, 3.05) is 12.8 Å². The summed E-state index contributed by atoms with van der Waals surface area (Å²) in [5, 5.41) is 0.244. The number of hydrogen-bond donors (Lipinski definition) is 1. The van der Waals surface area contributed by atoms with Crippen LogP contribution in [-0.2, 0) is 10.0 Å². The predicted octanol–water partition coefficient (Wildman–Crippen LogP) is 1.80. The van der Waals surface area contributed by atoms with Gasteiger partial charge < -0.3 is 5.73 Å². The van der Waals surface area contributed by atoms with Crippen molar-refractivity contribution in [2.24, 2.45) is 10.7 Å². The fourth-order valence-corrected chi connectivity index (χ4v) is 5.71. The lowest BCUT2D eigenvalue weighted by atomic mass is 10.0. The molecule has 3 heterocycles. The van der Waals surface area contributed by atoms with Gasteiger partial charge in [0.25, 0.3) is 0 Å². The predicted molar refractivity (Wildman–Crippen MR) is 93.6 cm³/mol. The molecule has 0 fully saturated rings. The molecule has 0 aliphatic carbocycles. The monoisotopic (exact) mass is 352 g/mol. The van der Waals surface area contributed by atoms with Crippen LogP contribution >= 0.6 is 11.8 Å². The van der Waals surface area contributed by atoms with Crippen LogP contribution in [0, 0.1) is 6.92 Å². The Morgan fingerprint density at radius 3 is 2.83 bits per heavy atom. The highest BCUT2D eigenvalue weighted by atomic mass is 32.2. The molecule has 1 aromatic rings. The maximum Gasteiger partial charge on any atom is 0.239 e. The first-order valence-corrected chi connectivity index (χ1v) is 9.81. The van der Waals surface area contributed by atoms with Gasteiger partial charge in [0.2, 0.25) is 16.0 Å². The zero-order chi connectivity index (χ0) is 16.8. The molecule has 23 heavy (non-hydrogen) atoms. The highest BCUT2D eigenvalue weighted by Crippen LogP contribution is 2.49. The fraction of sp³-hybridized carbons (Fsp3) is 0.467. The summed E-state index contributed by atoms with van der Waals surface area (Å²) in [5.74, 6) is -0.0182. The van der Waals surface area contributed by atoms with E-state index < -0.39 is 15.6 Å². The van der Waals surface area contributed by atoms with Crippen molar-refractivity contribution < 1.29 is 8.42 Å². The lowest BCUT2D eigenvalue weighted by Crippen LogP contribution is -2.51. The molecular formula is C15H20N4O2S2. The number of aliphatic imine (C=N–C) groups is 1. The van der Waals surface area contributed by atoms with Gasteiger partial charge in [-0.25, -0.2) is 17.7 Å². The summed E-state index contributed by atoms with van der Waals surface area (Å²) in [7, 11) is -2.00. The van der Waals surface area contributed by atoms with Crippen molar-refractivity contribution in [2.45, 2.75) is 31.1 Å². The Balaban J connectivity index is 1.86. The summed E-state index contributed by atoms with van der Waals surface area (Å²) in [6.45, 7) is 3.85. The lowest BCUT2D eigenvalue weighted by molar-refractivity contribution is 0.508. The van der Waals surface area contributed by atoms with Crippen molar-refractivity contribution in [3.05, 3.63) is 40.6 Å². The van der Waals surface area contributed by atoms with Gasteiger partial charge in [0.05, 0.1) is 5.75 Å². The van der Waals surface area contributed by atoms with E-state index in [0.717, 1.165) is 26.8 Å². The van der Waals surface area contributed by atoms with E-state index in [1.54, 1.807) is 11.8 Å². The van der Waals surface area contributed by atoms with Crippen LogP contribution in [0.2, 0.25) is 0 Å². The summed E-state index contributed by atoms with van der Waals surface area (Å²) >= 11 is 1.66. The molecular weight excluding hydrogens is 332 g/mol. The van der Waals surface area contributed by atoms with E-state index in [4.69, 9.17) is 5.73 Å². The number of nitrogens with zero attached hydrogens (tertiary/aromatic N) is 3. The zero-order valence-electron chi connectivity index (χ0n) is 13.4. The highest BCUT2D eigenvalue weighted by Gasteiger charge is 2.43. The molecule has 2 N–H and O–H groups in total. The van der Waals surface area contributed by atoms with Gasteiger partial charge in [0.1, 0.15) is 5.54 Å². The second-order valence-electron chi connectivity index (χ2n) is 6.17. The highest BCUT2D eigenvalue weighted by molar-refractivity contribution is 8.03. The molecule has 124 valence electrons. The van der Waals surface area contributed by atoms with E-state index in [1.807, 2.05) is 26.2 Å². The van der Waals surface area contributed by atoms with Gasteiger partial charge in [-0.3, -0.25) is 4.98 Å². The molecule has 0 aromatic carbocycles. The minimum absolute atomic E-state index is 0.0425. The average molecular weight is 352 g/mol. The van der Waals surface area contributed by atoms with Crippen LogP contribution in [-0.4, -0.2) is 42.0 Å². The van der Waals surface area contributed by atoms with Crippen LogP contribution < -0.4 is 5.73 Å². The number of aryl methyl sites for hydroxylation is 1. The van der Waals surface area contributed by atoms with Gasteiger partial charge >= 0.3 is 0 Å². The maximum absolute atomic E-state index is 12.3. The van der Waals surface area contributed by atoms with Gasteiger partial charge in [-0.05, 0) is 31.4 Å². The molecule has 2 aliphatic heterocycles. The normalized spacial score (nSPS) is 30.0. The third-order valence-electron chi connectivity index (χ3n) is 4.15. The van der Waals surface area contributed by atoms with Crippen LogP contribution in [0.25, 0.3) is 0 Å². The number of aromatic nitrogens is 1.